The van der Waals surface area contributed by atoms with Gasteiger partial charge < -0.3 is 20.7 Å². The molecule has 37 heavy (non-hydrogen) atoms. The topological polar surface area (TPSA) is 105 Å². The zero-order valence-corrected chi connectivity index (χ0v) is 22.1. The molecule has 1 atom stereocenters. The van der Waals surface area contributed by atoms with E-state index in [0.29, 0.717) is 23.4 Å². The molecule has 3 aromatic rings. The molecule has 3 rings (SSSR count). The van der Waals surface area contributed by atoms with Crippen LogP contribution in [-0.2, 0) is 11.4 Å². The maximum atomic E-state index is 10.7. The van der Waals surface area contributed by atoms with Crippen LogP contribution in [0.5, 0.6) is 5.75 Å². The molecule has 0 bridgehead atoms. The van der Waals surface area contributed by atoms with Gasteiger partial charge in [-0.15, -0.1) is 0 Å². The van der Waals surface area contributed by atoms with Gasteiger partial charge in [0.2, 0.25) is 0 Å². The molecule has 6 heteroatoms. The molecule has 196 valence electrons. The molecule has 0 saturated carbocycles. The van der Waals surface area contributed by atoms with E-state index in [2.05, 4.69) is 57.0 Å². The molecule has 1 unspecified atom stereocenters. The largest absolute Gasteiger partial charge is 0.486 e. The summed E-state index contributed by atoms with van der Waals surface area (Å²) in [7, 11) is 0. The van der Waals surface area contributed by atoms with Gasteiger partial charge in [0, 0.05) is 5.56 Å². The number of amidine groups is 1. The van der Waals surface area contributed by atoms with Crippen molar-refractivity contribution in [3.05, 3.63) is 89.0 Å². The molecule has 6 nitrogen and oxygen atoms in total. The fourth-order valence-electron chi connectivity index (χ4n) is 4.18. The number of nitrogens with zero attached hydrogens (tertiary/aromatic N) is 1. The number of carbonyl (C=O) groups is 1. The summed E-state index contributed by atoms with van der Waals surface area (Å²) in [6, 6.07) is 22.1. The Morgan fingerprint density at radius 2 is 1.59 bits per heavy atom. The summed E-state index contributed by atoms with van der Waals surface area (Å²) in [5.74, 6) is 0.995. The number of aliphatic imine (C=N–C) groups is 1. The molecule has 0 aliphatic carbocycles. The van der Waals surface area contributed by atoms with Crippen molar-refractivity contribution in [3.8, 4) is 16.9 Å². The quantitative estimate of drug-likeness (QED) is 0.199. The first-order valence-corrected chi connectivity index (χ1v) is 12.8. The van der Waals surface area contributed by atoms with Crippen LogP contribution in [0, 0.1) is 5.92 Å². The minimum Gasteiger partial charge on any atom is -0.486 e. The Hall–Kier alpha value is -3.64. The minimum atomic E-state index is -0.901. The minimum absolute atomic E-state index is 0.0546. The molecule has 0 aliphatic heterocycles. The lowest BCUT2D eigenvalue weighted by molar-refractivity contribution is -0.136. The van der Waals surface area contributed by atoms with Crippen LogP contribution in [0.3, 0.4) is 0 Å². The lowest BCUT2D eigenvalue weighted by Gasteiger charge is -2.23. The number of rotatable bonds is 12. The maximum Gasteiger partial charge on any atom is 0.305 e. The standard InChI is InChI=1S/C31H38N2O4/c1-20(2)17-29(24-9-11-25(12-10-24)31(32)33-16-15-30(35)36)37-27-13-14-28(26(18-27)19-34)23-7-5-22(6-8-23)21(3)4/h5-14,18,20-21,29,34H,15-17,19H2,1-4H3,(H2,32,33)(H,35,36). The smallest absolute Gasteiger partial charge is 0.305 e. The summed E-state index contributed by atoms with van der Waals surface area (Å²) in [4.78, 5) is 14.9. The highest BCUT2D eigenvalue weighted by Crippen LogP contribution is 2.33. The Kier molecular flexibility index (Phi) is 9.86. The van der Waals surface area contributed by atoms with E-state index in [-0.39, 0.29) is 25.7 Å². The lowest BCUT2D eigenvalue weighted by atomic mass is 9.95. The highest BCUT2D eigenvalue weighted by atomic mass is 16.5. The third-order valence-electron chi connectivity index (χ3n) is 6.29. The van der Waals surface area contributed by atoms with Crippen molar-refractivity contribution < 1.29 is 19.7 Å². The van der Waals surface area contributed by atoms with Gasteiger partial charge in [-0.05, 0) is 58.2 Å². The van der Waals surface area contributed by atoms with Gasteiger partial charge >= 0.3 is 5.97 Å². The number of aliphatic hydroxyl groups excluding tert-OH is 1. The number of carboxylic acids is 1. The second-order valence-corrected chi connectivity index (χ2v) is 10.0. The monoisotopic (exact) mass is 502 g/mol. The molecule has 0 saturated heterocycles. The van der Waals surface area contributed by atoms with Crippen LogP contribution in [-0.4, -0.2) is 28.6 Å². The molecule has 0 heterocycles. The van der Waals surface area contributed by atoms with E-state index in [9.17, 15) is 9.90 Å². The fourth-order valence-corrected chi connectivity index (χ4v) is 4.18. The van der Waals surface area contributed by atoms with E-state index in [1.807, 2.05) is 42.5 Å². The van der Waals surface area contributed by atoms with Crippen molar-refractivity contribution in [3.63, 3.8) is 0 Å². The number of ether oxygens (including phenoxy) is 1. The Labute approximate surface area is 219 Å². The number of nitrogens with two attached hydrogens (primary N) is 1. The van der Waals surface area contributed by atoms with Crippen LogP contribution >= 0.6 is 0 Å². The van der Waals surface area contributed by atoms with Gasteiger partial charge in [-0.1, -0.05) is 82.3 Å². The summed E-state index contributed by atoms with van der Waals surface area (Å²) >= 11 is 0. The zero-order valence-electron chi connectivity index (χ0n) is 22.1. The fraction of sp³-hybridized carbons (Fsp3) is 0.355. The molecule has 0 aliphatic rings. The normalized spacial score (nSPS) is 12.7. The van der Waals surface area contributed by atoms with Crippen molar-refractivity contribution in [2.75, 3.05) is 6.54 Å². The number of aliphatic carboxylic acids is 1. The Balaban J connectivity index is 1.81. The van der Waals surface area contributed by atoms with Crippen LogP contribution in [0.15, 0.2) is 71.7 Å². The molecule has 0 aromatic heterocycles. The Morgan fingerprint density at radius 1 is 0.946 bits per heavy atom. The Morgan fingerprint density at radius 3 is 2.16 bits per heavy atom. The first kappa shape index (κ1) is 27.9. The van der Waals surface area contributed by atoms with Gasteiger partial charge in [0.05, 0.1) is 19.6 Å². The zero-order chi connectivity index (χ0) is 26.9. The predicted octanol–water partition coefficient (Wildman–Crippen LogP) is 6.32. The molecule has 0 spiro atoms. The number of carboxylic acid groups (broad SMARTS) is 1. The lowest BCUT2D eigenvalue weighted by Crippen LogP contribution is -2.15. The highest BCUT2D eigenvalue weighted by molar-refractivity contribution is 5.97. The first-order valence-electron chi connectivity index (χ1n) is 12.8. The van der Waals surface area contributed by atoms with E-state index in [1.165, 1.54) is 5.56 Å². The molecule has 3 aromatic carbocycles. The second-order valence-electron chi connectivity index (χ2n) is 10.0. The van der Waals surface area contributed by atoms with Crippen molar-refractivity contribution in [1.29, 1.82) is 0 Å². The molecule has 4 N–H and O–H groups in total. The molecular formula is C31H38N2O4. The van der Waals surface area contributed by atoms with E-state index in [1.54, 1.807) is 0 Å². The summed E-state index contributed by atoms with van der Waals surface area (Å²) in [5, 5.41) is 18.9. The van der Waals surface area contributed by atoms with Gasteiger partial charge in [0.25, 0.3) is 0 Å². The van der Waals surface area contributed by atoms with Crippen LogP contribution in [0.4, 0.5) is 0 Å². The van der Waals surface area contributed by atoms with Gasteiger partial charge in [-0.3, -0.25) is 9.79 Å². The summed E-state index contributed by atoms with van der Waals surface area (Å²) in [6.45, 7) is 8.72. The number of hydrogen-bond acceptors (Lipinski definition) is 4. The third kappa shape index (κ3) is 7.92. The van der Waals surface area contributed by atoms with E-state index < -0.39 is 5.97 Å². The average molecular weight is 503 g/mol. The van der Waals surface area contributed by atoms with E-state index in [0.717, 1.165) is 34.2 Å². The summed E-state index contributed by atoms with van der Waals surface area (Å²) < 4.78 is 6.45. The summed E-state index contributed by atoms with van der Waals surface area (Å²) in [6.07, 6.45) is 0.581. The third-order valence-corrected chi connectivity index (χ3v) is 6.29. The van der Waals surface area contributed by atoms with Gasteiger partial charge in [0.15, 0.2) is 0 Å². The molecule has 0 fully saturated rings. The first-order chi connectivity index (χ1) is 17.7. The number of benzene rings is 3. The van der Waals surface area contributed by atoms with Gasteiger partial charge in [-0.25, -0.2) is 0 Å². The van der Waals surface area contributed by atoms with Crippen LogP contribution < -0.4 is 10.5 Å². The average Bonchev–Trinajstić information content (AvgIpc) is 2.88. The van der Waals surface area contributed by atoms with Crippen molar-refractivity contribution in [1.82, 2.24) is 0 Å². The molecule has 0 amide bonds. The van der Waals surface area contributed by atoms with E-state index in [4.69, 9.17) is 15.6 Å². The summed E-state index contributed by atoms with van der Waals surface area (Å²) in [5.41, 5.74) is 11.9. The number of aliphatic hydroxyl groups is 1. The second kappa shape index (κ2) is 13.1. The van der Waals surface area contributed by atoms with Crippen molar-refractivity contribution in [2.45, 2.75) is 59.2 Å². The van der Waals surface area contributed by atoms with Gasteiger partial charge in [-0.2, -0.15) is 0 Å². The molecular weight excluding hydrogens is 464 g/mol. The van der Waals surface area contributed by atoms with Crippen molar-refractivity contribution in [2.24, 2.45) is 16.6 Å². The van der Waals surface area contributed by atoms with Crippen molar-refractivity contribution >= 4 is 11.8 Å². The van der Waals surface area contributed by atoms with Crippen LogP contribution in [0.25, 0.3) is 11.1 Å². The number of hydrogen-bond donors (Lipinski definition) is 3. The maximum absolute atomic E-state index is 10.7. The van der Waals surface area contributed by atoms with Gasteiger partial charge in [0.1, 0.15) is 17.7 Å². The Bertz CT molecular complexity index is 1200. The van der Waals surface area contributed by atoms with Crippen LogP contribution in [0.2, 0.25) is 0 Å². The van der Waals surface area contributed by atoms with E-state index >= 15 is 0 Å². The predicted molar refractivity (Wildman–Crippen MR) is 149 cm³/mol. The molecule has 0 radical (unpaired) electrons. The highest BCUT2D eigenvalue weighted by Gasteiger charge is 2.17. The SMILES string of the molecule is CC(C)CC(Oc1ccc(-c2ccc(C(C)C)cc2)c(CO)c1)c1ccc(C(N)=NCCC(=O)O)cc1. The van der Waals surface area contributed by atoms with Crippen LogP contribution in [0.1, 0.15) is 74.8 Å².